The predicted octanol–water partition coefficient (Wildman–Crippen LogP) is 4.40. The number of aromatic nitrogens is 5. The Hall–Kier alpha value is -2.97. The highest BCUT2D eigenvalue weighted by atomic mass is 32.2. The van der Waals surface area contributed by atoms with Crippen LogP contribution in [0.25, 0.3) is 20.9 Å². The fourth-order valence-electron chi connectivity index (χ4n) is 3.36. The van der Waals surface area contributed by atoms with E-state index in [0.29, 0.717) is 10.7 Å². The molecule has 3 aromatic heterocycles. The molecule has 8 heteroatoms. The van der Waals surface area contributed by atoms with Gasteiger partial charge in [0.25, 0.3) is 5.56 Å². The molecule has 0 atom stereocenters. The van der Waals surface area contributed by atoms with Gasteiger partial charge in [0.15, 0.2) is 10.1 Å². The maximum Gasteiger partial charge on any atom is 0.259 e. The molecule has 5 aromatic rings. The lowest BCUT2D eigenvalue weighted by atomic mass is 10.2. The number of hydrogen-bond donors (Lipinski definition) is 0. The summed E-state index contributed by atoms with van der Waals surface area (Å²) >= 11 is 3.06. The third-order valence-electron chi connectivity index (χ3n) is 4.75. The van der Waals surface area contributed by atoms with E-state index < -0.39 is 0 Å². The summed E-state index contributed by atoms with van der Waals surface area (Å²) in [5.41, 5.74) is 3.80. The molecule has 0 amide bonds. The third-order valence-corrected chi connectivity index (χ3v) is 6.73. The van der Waals surface area contributed by atoms with Gasteiger partial charge in [0, 0.05) is 11.8 Å². The molecule has 0 aliphatic heterocycles. The molecule has 5 rings (SSSR count). The monoisotopic (exact) mass is 419 g/mol. The van der Waals surface area contributed by atoms with E-state index >= 15 is 0 Å². The Morgan fingerprint density at radius 2 is 1.83 bits per heavy atom. The van der Waals surface area contributed by atoms with Gasteiger partial charge in [-0.3, -0.25) is 13.8 Å². The van der Waals surface area contributed by atoms with Crippen LogP contribution in [0.3, 0.4) is 0 Å². The highest BCUT2D eigenvalue weighted by Crippen LogP contribution is 2.27. The quantitative estimate of drug-likeness (QED) is 0.404. The van der Waals surface area contributed by atoms with Crippen molar-refractivity contribution in [2.45, 2.75) is 24.8 Å². The molecule has 0 saturated heterocycles. The normalized spacial score (nSPS) is 11.5. The van der Waals surface area contributed by atoms with Crippen LogP contribution in [0, 0.1) is 13.8 Å². The molecule has 0 bridgehead atoms. The molecule has 3 heterocycles. The van der Waals surface area contributed by atoms with Crippen molar-refractivity contribution in [1.29, 1.82) is 0 Å². The average Bonchev–Trinajstić information content (AvgIpc) is 3.27. The van der Waals surface area contributed by atoms with Crippen molar-refractivity contribution in [2.75, 3.05) is 0 Å². The van der Waals surface area contributed by atoms with Crippen molar-refractivity contribution in [1.82, 2.24) is 24.1 Å². The molecule has 2 aromatic carbocycles. The molecule has 144 valence electrons. The van der Waals surface area contributed by atoms with Gasteiger partial charge >= 0.3 is 0 Å². The van der Waals surface area contributed by atoms with Crippen molar-refractivity contribution in [3.05, 3.63) is 82.0 Å². The summed E-state index contributed by atoms with van der Waals surface area (Å²) in [6.45, 7) is 4.01. The van der Waals surface area contributed by atoms with Crippen LogP contribution in [0.4, 0.5) is 0 Å². The van der Waals surface area contributed by atoms with E-state index in [4.69, 9.17) is 4.98 Å². The summed E-state index contributed by atoms with van der Waals surface area (Å²) in [7, 11) is 0. The summed E-state index contributed by atoms with van der Waals surface area (Å²) in [4.78, 5) is 18.1. The second kappa shape index (κ2) is 7.13. The second-order valence-corrected chi connectivity index (χ2v) is 8.67. The molecular formula is C21H17N5OS2. The van der Waals surface area contributed by atoms with Crippen molar-refractivity contribution >= 4 is 38.3 Å². The summed E-state index contributed by atoms with van der Waals surface area (Å²) in [6.07, 6.45) is 0. The van der Waals surface area contributed by atoms with Gasteiger partial charge in [-0.05, 0) is 37.6 Å². The van der Waals surface area contributed by atoms with E-state index in [1.807, 2.05) is 47.9 Å². The highest BCUT2D eigenvalue weighted by Gasteiger charge is 2.15. The van der Waals surface area contributed by atoms with E-state index in [1.165, 1.54) is 23.1 Å². The minimum Gasteiger partial charge on any atom is -0.274 e. The first kappa shape index (κ1) is 18.1. The first-order valence-corrected chi connectivity index (χ1v) is 10.9. The van der Waals surface area contributed by atoms with Crippen LogP contribution >= 0.6 is 23.1 Å². The molecule has 0 aliphatic rings. The van der Waals surface area contributed by atoms with E-state index in [1.54, 1.807) is 10.5 Å². The zero-order chi connectivity index (χ0) is 20.0. The van der Waals surface area contributed by atoms with Crippen LogP contribution in [-0.2, 0) is 5.75 Å². The largest absolute Gasteiger partial charge is 0.274 e. The highest BCUT2D eigenvalue weighted by molar-refractivity contribution is 7.98. The van der Waals surface area contributed by atoms with Crippen molar-refractivity contribution in [3.8, 4) is 5.69 Å². The summed E-state index contributed by atoms with van der Waals surface area (Å²) in [6, 6.07) is 17.6. The number of benzene rings is 2. The van der Waals surface area contributed by atoms with Crippen LogP contribution in [-0.4, -0.2) is 24.1 Å². The molecule has 0 unspecified atom stereocenters. The molecule has 0 saturated carbocycles. The van der Waals surface area contributed by atoms with Crippen LogP contribution < -0.4 is 5.56 Å². The maximum atomic E-state index is 12.7. The molecule has 0 radical (unpaired) electrons. The summed E-state index contributed by atoms with van der Waals surface area (Å²) in [5, 5.41) is 9.37. The van der Waals surface area contributed by atoms with Gasteiger partial charge < -0.3 is 0 Å². The predicted molar refractivity (Wildman–Crippen MR) is 117 cm³/mol. The van der Waals surface area contributed by atoms with Gasteiger partial charge in [0.1, 0.15) is 5.82 Å². The van der Waals surface area contributed by atoms with Crippen molar-refractivity contribution in [3.63, 3.8) is 0 Å². The van der Waals surface area contributed by atoms with Crippen molar-refractivity contribution < 1.29 is 0 Å². The molecular weight excluding hydrogens is 402 g/mol. The number of hydrogen-bond acceptors (Lipinski definition) is 6. The van der Waals surface area contributed by atoms with Crippen molar-refractivity contribution in [2.24, 2.45) is 0 Å². The standard InChI is InChI=1S/C21H17N5OS2/c1-13-7-3-4-8-16(13)25-14(2)23-24-21(25)28-12-15-11-19(27)26-17-9-5-6-10-18(17)29-20(26)22-15/h3-11H,12H2,1-2H3. The van der Waals surface area contributed by atoms with Crippen LogP contribution in [0.2, 0.25) is 0 Å². The van der Waals surface area contributed by atoms with Gasteiger partial charge in [-0.1, -0.05) is 53.4 Å². The van der Waals surface area contributed by atoms with Crippen LogP contribution in [0.1, 0.15) is 17.1 Å². The number of nitrogens with zero attached hydrogens (tertiary/aromatic N) is 5. The fraction of sp³-hybridized carbons (Fsp3) is 0.143. The SMILES string of the molecule is Cc1ccccc1-n1c(C)nnc1SCc1cc(=O)n2c(n1)sc1ccccc12. The lowest BCUT2D eigenvalue weighted by molar-refractivity contribution is 0.861. The Bertz CT molecular complexity index is 1420. The topological polar surface area (TPSA) is 65.1 Å². The molecule has 0 N–H and O–H groups in total. The number of fused-ring (bicyclic) bond motifs is 3. The third kappa shape index (κ3) is 3.14. The van der Waals surface area contributed by atoms with Crippen LogP contribution in [0.5, 0.6) is 0 Å². The lowest BCUT2D eigenvalue weighted by Gasteiger charge is -2.10. The summed E-state index contributed by atoms with van der Waals surface area (Å²) in [5.74, 6) is 1.37. The molecule has 0 fully saturated rings. The van der Waals surface area contributed by atoms with Gasteiger partial charge in [-0.2, -0.15) is 0 Å². The first-order chi connectivity index (χ1) is 14.1. The zero-order valence-electron chi connectivity index (χ0n) is 15.9. The Morgan fingerprint density at radius 3 is 2.69 bits per heavy atom. The Morgan fingerprint density at radius 1 is 1.03 bits per heavy atom. The molecule has 6 nitrogen and oxygen atoms in total. The Labute approximate surface area is 174 Å². The number of thioether (sulfide) groups is 1. The van der Waals surface area contributed by atoms with Gasteiger partial charge in [0.2, 0.25) is 0 Å². The van der Waals surface area contributed by atoms with Gasteiger partial charge in [-0.25, -0.2) is 4.98 Å². The molecule has 0 spiro atoms. The minimum atomic E-state index is -0.0559. The smallest absolute Gasteiger partial charge is 0.259 e. The van der Waals surface area contributed by atoms with E-state index in [0.717, 1.165) is 38.1 Å². The van der Waals surface area contributed by atoms with Gasteiger partial charge in [-0.15, -0.1) is 10.2 Å². The number of rotatable bonds is 4. The Kier molecular flexibility index (Phi) is 4.44. The fourth-order valence-corrected chi connectivity index (χ4v) is 5.30. The maximum absolute atomic E-state index is 12.7. The number of aryl methyl sites for hydroxylation is 2. The van der Waals surface area contributed by atoms with E-state index in [9.17, 15) is 4.79 Å². The van der Waals surface area contributed by atoms with E-state index in [2.05, 4.69) is 29.3 Å². The number of thiazole rings is 1. The van der Waals surface area contributed by atoms with E-state index in [-0.39, 0.29) is 5.56 Å². The van der Waals surface area contributed by atoms with Crippen LogP contribution in [0.15, 0.2) is 64.5 Å². The summed E-state index contributed by atoms with van der Waals surface area (Å²) < 4.78 is 4.77. The lowest BCUT2D eigenvalue weighted by Crippen LogP contribution is -2.13. The average molecular weight is 420 g/mol. The van der Waals surface area contributed by atoms with Gasteiger partial charge in [0.05, 0.1) is 21.6 Å². The molecule has 0 aliphatic carbocycles. The number of para-hydroxylation sites is 2. The Balaban J connectivity index is 1.50. The second-order valence-electron chi connectivity index (χ2n) is 6.71. The molecule has 29 heavy (non-hydrogen) atoms. The first-order valence-electron chi connectivity index (χ1n) is 9.13. The zero-order valence-corrected chi connectivity index (χ0v) is 17.5. The minimum absolute atomic E-state index is 0.0559.